The summed E-state index contributed by atoms with van der Waals surface area (Å²) in [7, 11) is 0. The fourth-order valence-corrected chi connectivity index (χ4v) is 3.44. The number of hydrogen-bond acceptors (Lipinski definition) is 4. The van der Waals surface area contributed by atoms with Gasteiger partial charge in [0.15, 0.2) is 6.61 Å². The summed E-state index contributed by atoms with van der Waals surface area (Å²) in [6.45, 7) is 2.00. The maximum atomic E-state index is 13.0. The minimum Gasteiger partial charge on any atom is -0.484 e. The molecule has 0 unspecified atom stereocenters. The summed E-state index contributed by atoms with van der Waals surface area (Å²) in [5.41, 5.74) is 2.62. The van der Waals surface area contributed by atoms with Crippen LogP contribution in [0, 0.1) is 6.92 Å². The predicted octanol–water partition coefficient (Wildman–Crippen LogP) is 5.12. The van der Waals surface area contributed by atoms with E-state index in [4.69, 9.17) is 20.8 Å². The van der Waals surface area contributed by atoms with Crippen molar-refractivity contribution in [2.45, 2.75) is 13.5 Å². The first kappa shape index (κ1) is 20.7. The van der Waals surface area contributed by atoms with E-state index in [2.05, 4.69) is 5.32 Å². The van der Waals surface area contributed by atoms with Crippen molar-refractivity contribution < 1.29 is 13.9 Å². The lowest BCUT2D eigenvalue weighted by atomic mass is 10.0. The molecule has 0 aliphatic rings. The Kier molecular flexibility index (Phi) is 6.05. The van der Waals surface area contributed by atoms with Crippen LogP contribution in [-0.4, -0.2) is 12.5 Å². The van der Waals surface area contributed by atoms with Gasteiger partial charge in [-0.2, -0.15) is 0 Å². The van der Waals surface area contributed by atoms with Crippen molar-refractivity contribution in [3.05, 3.63) is 99.4 Å². The quantitative estimate of drug-likeness (QED) is 0.458. The fraction of sp³-hybridized carbons (Fsp3) is 0.120. The third kappa shape index (κ3) is 4.78. The molecule has 156 valence electrons. The van der Waals surface area contributed by atoms with Gasteiger partial charge in [0.05, 0.1) is 10.9 Å². The lowest BCUT2D eigenvalue weighted by Gasteiger charge is -2.10. The van der Waals surface area contributed by atoms with Gasteiger partial charge in [-0.15, -0.1) is 0 Å². The Morgan fingerprint density at radius 1 is 1.03 bits per heavy atom. The first-order chi connectivity index (χ1) is 15.0. The molecule has 0 aliphatic heterocycles. The van der Waals surface area contributed by atoms with Crippen molar-refractivity contribution in [3.63, 3.8) is 0 Å². The van der Waals surface area contributed by atoms with E-state index in [1.54, 1.807) is 37.3 Å². The van der Waals surface area contributed by atoms with Crippen molar-refractivity contribution in [1.82, 2.24) is 5.32 Å². The van der Waals surface area contributed by atoms with E-state index in [0.717, 1.165) is 11.1 Å². The van der Waals surface area contributed by atoms with Gasteiger partial charge in [0.1, 0.15) is 17.1 Å². The van der Waals surface area contributed by atoms with E-state index in [9.17, 15) is 9.59 Å². The zero-order valence-corrected chi connectivity index (χ0v) is 17.6. The smallest absolute Gasteiger partial charge is 0.258 e. The molecule has 4 aromatic rings. The Bertz CT molecular complexity index is 1280. The van der Waals surface area contributed by atoms with E-state index in [1.807, 2.05) is 42.5 Å². The number of halogens is 1. The SMILES string of the molecule is Cc1oc2cc(OCC(=O)NCc3ccc(Cl)cc3)ccc2c(=O)c1-c1ccccc1. The number of nitrogens with one attached hydrogen (secondary N) is 1. The molecule has 0 atom stereocenters. The van der Waals surface area contributed by atoms with Crippen molar-refractivity contribution in [1.29, 1.82) is 0 Å². The third-order valence-corrected chi connectivity index (χ3v) is 5.13. The second kappa shape index (κ2) is 9.06. The van der Waals surface area contributed by atoms with Crippen LogP contribution in [0.5, 0.6) is 5.75 Å². The van der Waals surface area contributed by atoms with Crippen LogP contribution in [0.2, 0.25) is 5.02 Å². The number of carbonyl (C=O) groups is 1. The Labute approximate surface area is 184 Å². The molecule has 3 aromatic carbocycles. The maximum absolute atomic E-state index is 13.0. The van der Waals surface area contributed by atoms with E-state index in [1.165, 1.54) is 0 Å². The molecule has 0 saturated heterocycles. The summed E-state index contributed by atoms with van der Waals surface area (Å²) in [6.07, 6.45) is 0. The van der Waals surface area contributed by atoms with Crippen molar-refractivity contribution in [2.75, 3.05) is 6.61 Å². The summed E-state index contributed by atoms with van der Waals surface area (Å²) in [5, 5.41) is 3.90. The number of fused-ring (bicyclic) bond motifs is 1. The highest BCUT2D eigenvalue weighted by Crippen LogP contribution is 2.26. The molecule has 1 N–H and O–H groups in total. The number of carbonyl (C=O) groups excluding carboxylic acids is 1. The molecule has 6 heteroatoms. The summed E-state index contributed by atoms with van der Waals surface area (Å²) in [4.78, 5) is 25.1. The number of hydrogen-bond donors (Lipinski definition) is 1. The Morgan fingerprint density at radius 2 is 1.77 bits per heavy atom. The summed E-state index contributed by atoms with van der Waals surface area (Å²) in [6, 6.07) is 21.6. The second-order valence-corrected chi connectivity index (χ2v) is 7.51. The molecule has 4 rings (SSSR count). The van der Waals surface area contributed by atoms with Crippen LogP contribution < -0.4 is 15.5 Å². The third-order valence-electron chi connectivity index (χ3n) is 4.88. The number of rotatable bonds is 6. The van der Waals surface area contributed by atoms with Crippen molar-refractivity contribution in [3.8, 4) is 16.9 Å². The lowest BCUT2D eigenvalue weighted by Crippen LogP contribution is -2.28. The molecule has 0 spiro atoms. The normalized spacial score (nSPS) is 10.8. The van der Waals surface area contributed by atoms with Gasteiger partial charge < -0.3 is 14.5 Å². The van der Waals surface area contributed by atoms with Gasteiger partial charge in [-0.25, -0.2) is 0 Å². The highest BCUT2D eigenvalue weighted by molar-refractivity contribution is 6.30. The summed E-state index contributed by atoms with van der Waals surface area (Å²) in [5.74, 6) is 0.720. The van der Waals surface area contributed by atoms with E-state index in [-0.39, 0.29) is 17.9 Å². The fourth-order valence-electron chi connectivity index (χ4n) is 3.32. The lowest BCUT2D eigenvalue weighted by molar-refractivity contribution is -0.123. The molecular formula is C25H20ClNO4. The van der Waals surface area contributed by atoms with Gasteiger partial charge in [-0.05, 0) is 42.3 Å². The molecule has 0 radical (unpaired) electrons. The number of amides is 1. The Balaban J connectivity index is 1.46. The molecular weight excluding hydrogens is 414 g/mol. The van der Waals surface area contributed by atoms with Crippen molar-refractivity contribution in [2.24, 2.45) is 0 Å². The molecule has 0 aliphatic carbocycles. The van der Waals surface area contributed by atoms with Gasteiger partial charge in [0, 0.05) is 17.6 Å². The first-order valence-electron chi connectivity index (χ1n) is 9.78. The average Bonchev–Trinajstić information content (AvgIpc) is 2.78. The summed E-state index contributed by atoms with van der Waals surface area (Å²) < 4.78 is 11.5. The van der Waals surface area contributed by atoms with Crippen LogP contribution in [0.15, 0.2) is 82.0 Å². The number of benzene rings is 3. The van der Waals surface area contributed by atoms with Crippen LogP contribution in [-0.2, 0) is 11.3 Å². The minimum atomic E-state index is -0.257. The Hall–Kier alpha value is -3.57. The molecule has 1 amide bonds. The molecule has 0 saturated carbocycles. The van der Waals surface area contributed by atoms with Crippen LogP contribution in [0.25, 0.3) is 22.1 Å². The first-order valence-corrected chi connectivity index (χ1v) is 10.2. The second-order valence-electron chi connectivity index (χ2n) is 7.08. The van der Waals surface area contributed by atoms with Crippen molar-refractivity contribution >= 4 is 28.5 Å². The van der Waals surface area contributed by atoms with E-state index in [0.29, 0.717) is 39.6 Å². The molecule has 1 heterocycles. The molecule has 1 aromatic heterocycles. The van der Waals surface area contributed by atoms with Gasteiger partial charge in [0.2, 0.25) is 5.43 Å². The van der Waals surface area contributed by atoms with Crippen LogP contribution in [0.4, 0.5) is 0 Å². The average molecular weight is 434 g/mol. The molecule has 0 bridgehead atoms. The van der Waals surface area contributed by atoms with Gasteiger partial charge in [-0.1, -0.05) is 54.1 Å². The largest absolute Gasteiger partial charge is 0.484 e. The van der Waals surface area contributed by atoms with Crippen LogP contribution >= 0.6 is 11.6 Å². The minimum absolute atomic E-state index is 0.0998. The molecule has 5 nitrogen and oxygen atoms in total. The van der Waals surface area contributed by atoms with Crippen LogP contribution in [0.1, 0.15) is 11.3 Å². The standard InChI is InChI=1S/C25H20ClNO4/c1-16-24(18-5-3-2-4-6-18)25(29)21-12-11-20(13-22(21)31-16)30-15-23(28)27-14-17-7-9-19(26)10-8-17/h2-13H,14-15H2,1H3,(H,27,28). The Morgan fingerprint density at radius 3 is 2.52 bits per heavy atom. The molecule has 0 fully saturated rings. The topological polar surface area (TPSA) is 68.5 Å². The zero-order chi connectivity index (χ0) is 21.8. The zero-order valence-electron chi connectivity index (χ0n) is 16.9. The van der Waals surface area contributed by atoms with Gasteiger partial charge in [-0.3, -0.25) is 9.59 Å². The van der Waals surface area contributed by atoms with Gasteiger partial charge in [0.25, 0.3) is 5.91 Å². The molecule has 31 heavy (non-hydrogen) atoms. The maximum Gasteiger partial charge on any atom is 0.258 e. The van der Waals surface area contributed by atoms with Crippen LogP contribution in [0.3, 0.4) is 0 Å². The highest BCUT2D eigenvalue weighted by atomic mass is 35.5. The van der Waals surface area contributed by atoms with Gasteiger partial charge >= 0.3 is 0 Å². The highest BCUT2D eigenvalue weighted by Gasteiger charge is 2.14. The number of aryl methyl sites for hydroxylation is 1. The van der Waals surface area contributed by atoms with E-state index < -0.39 is 0 Å². The monoisotopic (exact) mass is 433 g/mol. The summed E-state index contributed by atoms with van der Waals surface area (Å²) >= 11 is 5.86. The van der Waals surface area contributed by atoms with E-state index >= 15 is 0 Å². The predicted molar refractivity (Wildman–Crippen MR) is 121 cm³/mol. The number of ether oxygens (including phenoxy) is 1.